The molecule has 0 spiro atoms. The largest absolute Gasteiger partial charge is 0.492 e. The van der Waals surface area contributed by atoms with E-state index < -0.39 is 0 Å². The summed E-state index contributed by atoms with van der Waals surface area (Å²) in [4.78, 5) is 2.20. The Labute approximate surface area is 123 Å². The molecule has 1 saturated heterocycles. The van der Waals surface area contributed by atoms with Crippen molar-refractivity contribution in [1.29, 1.82) is 0 Å². The molecule has 0 radical (unpaired) electrons. The second-order valence-electron chi connectivity index (χ2n) is 4.83. The van der Waals surface area contributed by atoms with E-state index in [1.807, 2.05) is 0 Å². The number of amidine groups is 1. The highest BCUT2D eigenvalue weighted by molar-refractivity contribution is 5.97. The van der Waals surface area contributed by atoms with Gasteiger partial charge in [-0.1, -0.05) is 5.16 Å². The van der Waals surface area contributed by atoms with Crippen LogP contribution in [0, 0.1) is 0 Å². The fraction of sp³-hybridized carbons (Fsp3) is 0.500. The first-order valence-corrected chi connectivity index (χ1v) is 6.88. The summed E-state index contributed by atoms with van der Waals surface area (Å²) in [6, 6.07) is 7.04. The Morgan fingerprint density at radius 2 is 2.19 bits per heavy atom. The molecule has 7 nitrogen and oxygen atoms in total. The molecule has 0 amide bonds. The third kappa shape index (κ3) is 4.59. The molecule has 1 fully saturated rings. The van der Waals surface area contributed by atoms with Gasteiger partial charge in [-0.15, -0.1) is 0 Å². The van der Waals surface area contributed by atoms with Crippen LogP contribution in [0.15, 0.2) is 29.4 Å². The molecule has 0 saturated carbocycles. The van der Waals surface area contributed by atoms with Crippen LogP contribution in [0.2, 0.25) is 0 Å². The van der Waals surface area contributed by atoms with Crippen molar-refractivity contribution in [2.75, 3.05) is 39.5 Å². The molecule has 0 aliphatic carbocycles. The van der Waals surface area contributed by atoms with E-state index in [0.717, 1.165) is 25.4 Å². The molecule has 4 N–H and O–H groups in total. The highest BCUT2D eigenvalue weighted by atomic mass is 16.5. The fourth-order valence-electron chi connectivity index (χ4n) is 2.17. The molecule has 21 heavy (non-hydrogen) atoms. The number of nitrogens with two attached hydrogens (primary N) is 1. The maximum Gasteiger partial charge on any atom is 0.170 e. The summed E-state index contributed by atoms with van der Waals surface area (Å²) in [6.07, 6.45) is -0.0984. The van der Waals surface area contributed by atoms with Gasteiger partial charge in [0.2, 0.25) is 0 Å². The SMILES string of the molecule is N/C(=N/O)c1ccc(OCCN2CCOC(CO)C2)cc1. The molecule has 2 rings (SSSR count). The molecule has 1 aromatic rings. The van der Waals surface area contributed by atoms with E-state index in [4.69, 9.17) is 25.5 Å². The number of morpholine rings is 1. The predicted molar refractivity (Wildman–Crippen MR) is 77.7 cm³/mol. The van der Waals surface area contributed by atoms with Crippen LogP contribution >= 0.6 is 0 Å². The van der Waals surface area contributed by atoms with Crippen molar-refractivity contribution in [1.82, 2.24) is 4.90 Å². The standard InChI is InChI=1S/C14H21N3O4/c15-14(16-19)11-1-3-12(4-2-11)20-7-5-17-6-8-21-13(9-17)10-18/h1-4,13,18-19H,5-10H2,(H2,15,16). The zero-order valence-corrected chi connectivity index (χ0v) is 11.8. The van der Waals surface area contributed by atoms with E-state index in [-0.39, 0.29) is 18.5 Å². The number of hydrogen-bond acceptors (Lipinski definition) is 6. The first-order valence-electron chi connectivity index (χ1n) is 6.88. The summed E-state index contributed by atoms with van der Waals surface area (Å²) in [5.41, 5.74) is 6.13. The van der Waals surface area contributed by atoms with Gasteiger partial charge in [0.15, 0.2) is 5.84 Å². The van der Waals surface area contributed by atoms with E-state index in [0.29, 0.717) is 18.8 Å². The van der Waals surface area contributed by atoms with Gasteiger partial charge >= 0.3 is 0 Å². The van der Waals surface area contributed by atoms with Crippen LogP contribution in [-0.4, -0.2) is 66.6 Å². The van der Waals surface area contributed by atoms with Gasteiger partial charge in [0.25, 0.3) is 0 Å². The maximum absolute atomic E-state index is 9.08. The molecule has 1 aromatic carbocycles. The Hall–Kier alpha value is -1.83. The van der Waals surface area contributed by atoms with Crippen molar-refractivity contribution >= 4 is 5.84 Å². The molecule has 1 aliphatic rings. The Bertz CT molecular complexity index is 464. The van der Waals surface area contributed by atoms with Crippen molar-refractivity contribution in [2.45, 2.75) is 6.10 Å². The second kappa shape index (κ2) is 7.82. The highest BCUT2D eigenvalue weighted by Gasteiger charge is 2.19. The molecule has 1 heterocycles. The van der Waals surface area contributed by atoms with Crippen LogP contribution in [0.25, 0.3) is 0 Å². The van der Waals surface area contributed by atoms with Gasteiger partial charge in [-0.3, -0.25) is 4.90 Å². The van der Waals surface area contributed by atoms with Gasteiger partial charge in [0.05, 0.1) is 19.3 Å². The summed E-state index contributed by atoms with van der Waals surface area (Å²) in [5, 5.41) is 20.6. The lowest BCUT2D eigenvalue weighted by atomic mass is 10.2. The van der Waals surface area contributed by atoms with Gasteiger partial charge in [0, 0.05) is 25.2 Å². The Kier molecular flexibility index (Phi) is 5.79. The van der Waals surface area contributed by atoms with Gasteiger partial charge < -0.3 is 25.5 Å². The van der Waals surface area contributed by atoms with Crippen LogP contribution < -0.4 is 10.5 Å². The number of rotatable bonds is 6. The number of nitrogens with zero attached hydrogens (tertiary/aromatic N) is 2. The predicted octanol–water partition coefficient (Wildman–Crippen LogP) is -0.147. The van der Waals surface area contributed by atoms with E-state index in [9.17, 15) is 0 Å². The minimum Gasteiger partial charge on any atom is -0.492 e. The Balaban J connectivity index is 1.75. The molecule has 0 aromatic heterocycles. The maximum atomic E-state index is 9.08. The number of oxime groups is 1. The summed E-state index contributed by atoms with van der Waals surface area (Å²) in [7, 11) is 0. The molecule has 7 heteroatoms. The molecule has 116 valence electrons. The average Bonchev–Trinajstić information content (AvgIpc) is 2.55. The third-order valence-electron chi connectivity index (χ3n) is 3.36. The minimum atomic E-state index is -0.0984. The van der Waals surface area contributed by atoms with Crippen LogP contribution in [0.3, 0.4) is 0 Å². The number of aliphatic hydroxyl groups excluding tert-OH is 1. The van der Waals surface area contributed by atoms with E-state index in [2.05, 4.69) is 10.1 Å². The van der Waals surface area contributed by atoms with E-state index in [1.165, 1.54) is 0 Å². The first-order chi connectivity index (χ1) is 10.2. The normalized spacial score (nSPS) is 20.4. The van der Waals surface area contributed by atoms with Crippen molar-refractivity contribution in [3.8, 4) is 5.75 Å². The number of benzene rings is 1. The smallest absolute Gasteiger partial charge is 0.170 e. The van der Waals surface area contributed by atoms with Gasteiger partial charge in [-0.2, -0.15) is 0 Å². The topological polar surface area (TPSA) is 101 Å². The van der Waals surface area contributed by atoms with Gasteiger partial charge in [0.1, 0.15) is 12.4 Å². The number of aliphatic hydroxyl groups is 1. The lowest BCUT2D eigenvalue weighted by Gasteiger charge is -2.31. The lowest BCUT2D eigenvalue weighted by Crippen LogP contribution is -2.45. The van der Waals surface area contributed by atoms with E-state index >= 15 is 0 Å². The molecule has 1 aliphatic heterocycles. The third-order valence-corrected chi connectivity index (χ3v) is 3.36. The van der Waals surface area contributed by atoms with Crippen molar-refractivity contribution in [3.63, 3.8) is 0 Å². The van der Waals surface area contributed by atoms with Crippen LogP contribution in [0.5, 0.6) is 5.75 Å². The number of hydrogen-bond donors (Lipinski definition) is 3. The Morgan fingerprint density at radius 3 is 2.86 bits per heavy atom. The summed E-state index contributed by atoms with van der Waals surface area (Å²) in [5.74, 6) is 0.807. The van der Waals surface area contributed by atoms with Crippen molar-refractivity contribution < 1.29 is 19.8 Å². The summed E-state index contributed by atoms with van der Waals surface area (Å²) >= 11 is 0. The van der Waals surface area contributed by atoms with Crippen LogP contribution in [-0.2, 0) is 4.74 Å². The van der Waals surface area contributed by atoms with Crippen molar-refractivity contribution in [3.05, 3.63) is 29.8 Å². The zero-order valence-electron chi connectivity index (χ0n) is 11.8. The molecular formula is C14H21N3O4. The fourth-order valence-corrected chi connectivity index (χ4v) is 2.17. The summed E-state index contributed by atoms with van der Waals surface area (Å²) < 4.78 is 11.1. The lowest BCUT2D eigenvalue weighted by molar-refractivity contribution is -0.0547. The molecule has 1 atom stereocenters. The first kappa shape index (κ1) is 15.6. The van der Waals surface area contributed by atoms with Gasteiger partial charge in [-0.25, -0.2) is 0 Å². The van der Waals surface area contributed by atoms with Crippen molar-refractivity contribution in [2.24, 2.45) is 10.9 Å². The molecule has 1 unspecified atom stereocenters. The Morgan fingerprint density at radius 1 is 1.43 bits per heavy atom. The van der Waals surface area contributed by atoms with E-state index in [1.54, 1.807) is 24.3 Å². The second-order valence-corrected chi connectivity index (χ2v) is 4.83. The zero-order chi connectivity index (χ0) is 15.1. The van der Waals surface area contributed by atoms with Crippen LogP contribution in [0.4, 0.5) is 0 Å². The molecular weight excluding hydrogens is 274 g/mol. The van der Waals surface area contributed by atoms with Crippen LogP contribution in [0.1, 0.15) is 5.56 Å². The molecule has 0 bridgehead atoms. The average molecular weight is 295 g/mol. The quantitative estimate of drug-likeness (QED) is 0.292. The monoisotopic (exact) mass is 295 g/mol. The minimum absolute atomic E-state index is 0.0483. The highest BCUT2D eigenvalue weighted by Crippen LogP contribution is 2.12. The number of ether oxygens (including phenoxy) is 2. The van der Waals surface area contributed by atoms with Gasteiger partial charge in [-0.05, 0) is 24.3 Å². The summed E-state index contributed by atoms with van der Waals surface area (Å²) in [6.45, 7) is 3.60.